The van der Waals surface area contributed by atoms with Crippen molar-refractivity contribution in [3.8, 4) is 0 Å². The molecule has 0 saturated carbocycles. The number of aromatic nitrogens is 2. The van der Waals surface area contributed by atoms with Crippen molar-refractivity contribution >= 4 is 20.5 Å². The molecule has 2 rings (SSSR count). The van der Waals surface area contributed by atoms with Gasteiger partial charge in [0.2, 0.25) is 0 Å². The zero-order valence-electron chi connectivity index (χ0n) is 10.2. The fourth-order valence-electron chi connectivity index (χ4n) is 2.02. The molecule has 110 valence electrons. The maximum atomic E-state index is 12.2. The molecule has 2 heterocycles. The first-order valence-corrected chi connectivity index (χ1v) is 6.49. The van der Waals surface area contributed by atoms with E-state index in [0.717, 1.165) is 21.4 Å². The molecule has 0 aromatic carbocycles. The molecule has 0 spiro atoms. The van der Waals surface area contributed by atoms with Crippen molar-refractivity contribution in [3.05, 3.63) is 39.7 Å². The Morgan fingerprint density at radius 1 is 1.40 bits per heavy atom. The summed E-state index contributed by atoms with van der Waals surface area (Å²) in [5.41, 5.74) is -1.38. The Morgan fingerprint density at radius 2 is 2.05 bits per heavy atom. The molecule has 1 fully saturated rings. The Hall–Kier alpha value is -1.26. The van der Waals surface area contributed by atoms with Gasteiger partial charge in [-0.2, -0.15) is 0 Å². The van der Waals surface area contributed by atoms with Gasteiger partial charge < -0.3 is 20.1 Å². The molecule has 0 amide bonds. The van der Waals surface area contributed by atoms with Crippen LogP contribution >= 0.6 is 15.9 Å². The quantitative estimate of drug-likeness (QED) is 0.609. The van der Waals surface area contributed by atoms with E-state index in [9.17, 15) is 19.8 Å². The molecule has 4 atom stereocenters. The lowest BCUT2D eigenvalue weighted by Crippen LogP contribution is -2.42. The molecule has 8 nitrogen and oxygen atoms in total. The van der Waals surface area contributed by atoms with Crippen molar-refractivity contribution in [2.45, 2.75) is 24.5 Å². The first-order valence-electron chi connectivity index (χ1n) is 5.70. The van der Waals surface area contributed by atoms with Crippen LogP contribution in [0, 0.1) is 0 Å². The molecule has 1 unspecified atom stereocenters. The van der Waals surface area contributed by atoms with Crippen LogP contribution < -0.4 is 11.2 Å². The molecule has 1 aliphatic rings. The average molecular weight is 349 g/mol. The fourth-order valence-corrected chi connectivity index (χ4v) is 2.35. The predicted molar refractivity (Wildman–Crippen MR) is 72.2 cm³/mol. The highest BCUT2D eigenvalue weighted by Gasteiger charge is 2.43. The first kappa shape index (κ1) is 15.1. The second-order valence-corrected chi connectivity index (χ2v) is 5.20. The molecule has 0 radical (unpaired) electrons. The lowest BCUT2D eigenvalue weighted by atomic mass is 10.1. The van der Waals surface area contributed by atoms with Crippen LogP contribution in [0.2, 0.25) is 0 Å². The normalized spacial score (nSPS) is 29.6. The van der Waals surface area contributed by atoms with Crippen molar-refractivity contribution < 1.29 is 20.1 Å². The third-order valence-corrected chi connectivity index (χ3v) is 3.40. The van der Waals surface area contributed by atoms with Crippen LogP contribution in [0.1, 0.15) is 6.23 Å². The molecule has 20 heavy (non-hydrogen) atoms. The van der Waals surface area contributed by atoms with E-state index in [2.05, 4.69) is 22.5 Å². The lowest BCUT2D eigenvalue weighted by molar-refractivity contribution is -0.0552. The smallest absolute Gasteiger partial charge is 0.338 e. The van der Waals surface area contributed by atoms with Gasteiger partial charge in [-0.1, -0.05) is 6.58 Å². The third-order valence-electron chi connectivity index (χ3n) is 3.04. The molecule has 0 aliphatic carbocycles. The molecule has 1 aliphatic heterocycles. The number of halogens is 1. The van der Waals surface area contributed by atoms with E-state index in [1.54, 1.807) is 0 Å². The maximum absolute atomic E-state index is 12.2. The molecule has 3 N–H and O–H groups in total. The highest BCUT2D eigenvalue weighted by atomic mass is 79.9. The van der Waals surface area contributed by atoms with Crippen molar-refractivity contribution in [2.24, 2.45) is 0 Å². The summed E-state index contributed by atoms with van der Waals surface area (Å²) in [5.74, 6) is 0. The average Bonchev–Trinajstić information content (AvgIpc) is 2.66. The zero-order chi connectivity index (χ0) is 15.0. The van der Waals surface area contributed by atoms with Crippen molar-refractivity contribution in [1.29, 1.82) is 0 Å². The van der Waals surface area contributed by atoms with Gasteiger partial charge in [-0.15, -0.1) is 0 Å². The van der Waals surface area contributed by atoms with Gasteiger partial charge in [-0.3, -0.25) is 9.36 Å². The van der Waals surface area contributed by atoms with Gasteiger partial charge in [0.1, 0.15) is 18.3 Å². The molecular weight excluding hydrogens is 336 g/mol. The Labute approximate surface area is 121 Å². The van der Waals surface area contributed by atoms with Crippen LogP contribution in [0.4, 0.5) is 0 Å². The predicted octanol–water partition coefficient (Wildman–Crippen LogP) is -1.56. The minimum atomic E-state index is -1.40. The van der Waals surface area contributed by atoms with Gasteiger partial charge in [0.05, 0.1) is 11.2 Å². The summed E-state index contributed by atoms with van der Waals surface area (Å²) in [6, 6.07) is 1.10. The first-order chi connectivity index (χ1) is 9.38. The topological polar surface area (TPSA) is 114 Å². The summed E-state index contributed by atoms with van der Waals surface area (Å²) < 4.78 is 6.97. The van der Waals surface area contributed by atoms with E-state index in [4.69, 9.17) is 9.84 Å². The van der Waals surface area contributed by atoms with Gasteiger partial charge in [0.15, 0.2) is 6.23 Å². The standard InChI is InChI=1S/C11H13BrN2O6/c1-5(12)14-7(16)2-3-13(11(14)19)10-9(18)8(17)6(4-15)20-10/h2-3,6,8-10,15,17-18H,1,4H2/t6-,8-,9+,10?/m1/s1. The van der Waals surface area contributed by atoms with Crippen molar-refractivity contribution in [2.75, 3.05) is 6.61 Å². The highest BCUT2D eigenvalue weighted by Crippen LogP contribution is 2.27. The Morgan fingerprint density at radius 3 is 2.55 bits per heavy atom. The van der Waals surface area contributed by atoms with E-state index in [0.29, 0.717) is 0 Å². The zero-order valence-corrected chi connectivity index (χ0v) is 11.8. The molecule has 0 bridgehead atoms. The molecule has 1 saturated heterocycles. The second-order valence-electron chi connectivity index (χ2n) is 4.28. The van der Waals surface area contributed by atoms with Crippen LogP contribution in [-0.4, -0.2) is 49.4 Å². The van der Waals surface area contributed by atoms with Crippen LogP contribution in [0.25, 0.3) is 4.61 Å². The Kier molecular flexibility index (Phi) is 4.25. The summed E-state index contributed by atoms with van der Waals surface area (Å²) in [6.07, 6.45) is -3.79. The summed E-state index contributed by atoms with van der Waals surface area (Å²) in [5, 5.41) is 28.6. The highest BCUT2D eigenvalue weighted by molar-refractivity contribution is 9.14. The minimum absolute atomic E-state index is 0.0357. The van der Waals surface area contributed by atoms with Crippen LogP contribution in [0.5, 0.6) is 0 Å². The van der Waals surface area contributed by atoms with E-state index in [1.165, 1.54) is 0 Å². The summed E-state index contributed by atoms with van der Waals surface area (Å²) in [6.45, 7) is 2.95. The number of aliphatic hydroxyl groups excluding tert-OH is 3. The molecule has 1 aromatic rings. The number of aliphatic hydroxyl groups is 3. The SMILES string of the molecule is C=C(Br)n1c(=O)ccn(C2O[C@H](CO)[C@@H](O)[C@@H]2O)c1=O. The number of ether oxygens (including phenoxy) is 1. The van der Waals surface area contributed by atoms with Crippen LogP contribution in [0.15, 0.2) is 28.4 Å². The van der Waals surface area contributed by atoms with E-state index in [1.807, 2.05) is 0 Å². The van der Waals surface area contributed by atoms with Crippen molar-refractivity contribution in [3.63, 3.8) is 0 Å². The van der Waals surface area contributed by atoms with E-state index < -0.39 is 42.4 Å². The summed E-state index contributed by atoms with van der Waals surface area (Å²) in [4.78, 5) is 23.7. The minimum Gasteiger partial charge on any atom is -0.394 e. The second kappa shape index (κ2) is 5.62. The fraction of sp³-hybridized carbons (Fsp3) is 0.455. The maximum Gasteiger partial charge on any atom is 0.338 e. The monoisotopic (exact) mass is 348 g/mol. The van der Waals surface area contributed by atoms with E-state index >= 15 is 0 Å². The van der Waals surface area contributed by atoms with Gasteiger partial charge in [-0.25, -0.2) is 9.36 Å². The van der Waals surface area contributed by atoms with Gasteiger partial charge >= 0.3 is 5.69 Å². The number of hydrogen-bond acceptors (Lipinski definition) is 6. The largest absolute Gasteiger partial charge is 0.394 e. The number of rotatable bonds is 3. The molecular formula is C11H13BrN2O6. The lowest BCUT2D eigenvalue weighted by Gasteiger charge is -2.18. The summed E-state index contributed by atoms with van der Waals surface area (Å²) in [7, 11) is 0. The molecule has 1 aromatic heterocycles. The van der Waals surface area contributed by atoms with E-state index in [-0.39, 0.29) is 4.61 Å². The third kappa shape index (κ3) is 2.38. The van der Waals surface area contributed by atoms with Crippen LogP contribution in [-0.2, 0) is 4.74 Å². The number of hydrogen-bond donors (Lipinski definition) is 3. The van der Waals surface area contributed by atoms with Crippen LogP contribution in [0.3, 0.4) is 0 Å². The van der Waals surface area contributed by atoms with Gasteiger partial charge in [0, 0.05) is 12.3 Å². The molecule has 9 heteroatoms. The Bertz CT molecular complexity index is 639. The van der Waals surface area contributed by atoms with Crippen molar-refractivity contribution in [1.82, 2.24) is 9.13 Å². The van der Waals surface area contributed by atoms with Gasteiger partial charge in [0.25, 0.3) is 5.56 Å². The number of nitrogens with zero attached hydrogens (tertiary/aromatic N) is 2. The van der Waals surface area contributed by atoms with Gasteiger partial charge in [-0.05, 0) is 15.9 Å². The summed E-state index contributed by atoms with van der Waals surface area (Å²) >= 11 is 2.94. The Balaban J connectivity index is 2.50.